The summed E-state index contributed by atoms with van der Waals surface area (Å²) in [6.45, 7) is 9.21. The Morgan fingerprint density at radius 1 is 1.36 bits per heavy atom. The van der Waals surface area contributed by atoms with E-state index in [9.17, 15) is 4.79 Å². The molecule has 0 spiro atoms. The number of carbonyl (C=O) groups excluding carboxylic acids is 1. The highest BCUT2D eigenvalue weighted by Crippen LogP contribution is 2.06. The minimum atomic E-state index is -0.130. The Labute approximate surface area is 85.8 Å². The van der Waals surface area contributed by atoms with Crippen LogP contribution in [0.3, 0.4) is 0 Å². The number of esters is 1. The van der Waals surface area contributed by atoms with E-state index in [1.807, 2.05) is 6.92 Å². The molecule has 1 unspecified atom stereocenters. The van der Waals surface area contributed by atoms with Gasteiger partial charge in [0.1, 0.15) is 6.04 Å². The van der Waals surface area contributed by atoms with Crippen LogP contribution >= 0.6 is 0 Å². The molecule has 0 aliphatic carbocycles. The number of carbonyl (C=O) groups is 1. The second kappa shape index (κ2) is 5.32. The average molecular weight is 200 g/mol. The number of hydrogen-bond acceptors (Lipinski definition) is 4. The van der Waals surface area contributed by atoms with E-state index in [-0.39, 0.29) is 12.0 Å². The van der Waals surface area contributed by atoms with Crippen molar-refractivity contribution in [2.75, 3.05) is 39.8 Å². The molecule has 1 aliphatic heterocycles. The molecule has 0 bridgehead atoms. The molecule has 1 rings (SSSR count). The molecule has 0 aromatic carbocycles. The predicted molar refractivity (Wildman–Crippen MR) is 55.2 cm³/mol. The SMILES string of the molecule is CCN1CCN(C(C)C(=O)OC)CC1. The third kappa shape index (κ3) is 2.69. The van der Waals surface area contributed by atoms with Gasteiger partial charge in [0, 0.05) is 26.2 Å². The normalized spacial score (nSPS) is 21.9. The van der Waals surface area contributed by atoms with E-state index in [1.54, 1.807) is 0 Å². The lowest BCUT2D eigenvalue weighted by Crippen LogP contribution is -2.51. The third-order valence-corrected chi connectivity index (χ3v) is 2.94. The zero-order valence-corrected chi connectivity index (χ0v) is 9.32. The van der Waals surface area contributed by atoms with Crippen LogP contribution in [-0.4, -0.2) is 61.6 Å². The fourth-order valence-electron chi connectivity index (χ4n) is 1.79. The van der Waals surface area contributed by atoms with Gasteiger partial charge in [0.15, 0.2) is 0 Å². The van der Waals surface area contributed by atoms with Crippen LogP contribution in [0.1, 0.15) is 13.8 Å². The highest BCUT2D eigenvalue weighted by molar-refractivity contribution is 5.75. The maximum Gasteiger partial charge on any atom is 0.322 e. The highest BCUT2D eigenvalue weighted by Gasteiger charge is 2.25. The summed E-state index contributed by atoms with van der Waals surface area (Å²) in [4.78, 5) is 15.9. The van der Waals surface area contributed by atoms with E-state index in [2.05, 4.69) is 16.7 Å². The van der Waals surface area contributed by atoms with Gasteiger partial charge in [0.25, 0.3) is 0 Å². The van der Waals surface area contributed by atoms with Crippen molar-refractivity contribution in [3.63, 3.8) is 0 Å². The van der Waals surface area contributed by atoms with Gasteiger partial charge in [-0.15, -0.1) is 0 Å². The molecule has 0 N–H and O–H groups in total. The molecule has 0 radical (unpaired) electrons. The third-order valence-electron chi connectivity index (χ3n) is 2.94. The Kier molecular flexibility index (Phi) is 4.35. The van der Waals surface area contributed by atoms with Gasteiger partial charge >= 0.3 is 5.97 Å². The van der Waals surface area contributed by atoms with Crippen LogP contribution in [0, 0.1) is 0 Å². The van der Waals surface area contributed by atoms with E-state index in [1.165, 1.54) is 7.11 Å². The number of hydrogen-bond donors (Lipinski definition) is 0. The summed E-state index contributed by atoms with van der Waals surface area (Å²) >= 11 is 0. The highest BCUT2D eigenvalue weighted by atomic mass is 16.5. The number of likely N-dealkylation sites (N-methyl/N-ethyl adjacent to an activating group) is 1. The number of piperazine rings is 1. The fourth-order valence-corrected chi connectivity index (χ4v) is 1.79. The maximum atomic E-state index is 11.3. The van der Waals surface area contributed by atoms with Crippen LogP contribution in [-0.2, 0) is 9.53 Å². The van der Waals surface area contributed by atoms with Crippen molar-refractivity contribution in [1.29, 1.82) is 0 Å². The quantitative estimate of drug-likeness (QED) is 0.609. The summed E-state index contributed by atoms with van der Waals surface area (Å²) in [7, 11) is 1.45. The van der Waals surface area contributed by atoms with E-state index in [0.29, 0.717) is 0 Å². The number of rotatable bonds is 3. The van der Waals surface area contributed by atoms with Gasteiger partial charge in [-0.1, -0.05) is 6.92 Å². The molecule has 1 atom stereocenters. The predicted octanol–water partition coefficient (Wildman–Crippen LogP) is 0.185. The molecule has 1 heterocycles. The molecule has 82 valence electrons. The van der Waals surface area contributed by atoms with Crippen LogP contribution in [0.15, 0.2) is 0 Å². The fraction of sp³-hybridized carbons (Fsp3) is 0.900. The van der Waals surface area contributed by atoms with Crippen molar-refractivity contribution in [3.05, 3.63) is 0 Å². The van der Waals surface area contributed by atoms with Crippen LogP contribution in [0.4, 0.5) is 0 Å². The monoisotopic (exact) mass is 200 g/mol. The van der Waals surface area contributed by atoms with E-state index >= 15 is 0 Å². The van der Waals surface area contributed by atoms with Crippen molar-refractivity contribution < 1.29 is 9.53 Å². The number of methoxy groups -OCH3 is 1. The molecule has 4 nitrogen and oxygen atoms in total. The second-order valence-electron chi connectivity index (χ2n) is 3.67. The summed E-state index contributed by atoms with van der Waals surface area (Å²) in [6.07, 6.45) is 0. The van der Waals surface area contributed by atoms with Crippen LogP contribution in [0.25, 0.3) is 0 Å². The van der Waals surface area contributed by atoms with Gasteiger partial charge in [-0.2, -0.15) is 0 Å². The van der Waals surface area contributed by atoms with Crippen molar-refractivity contribution >= 4 is 5.97 Å². The minimum absolute atomic E-state index is 0.0981. The maximum absolute atomic E-state index is 11.3. The Bertz CT molecular complexity index is 189. The zero-order chi connectivity index (χ0) is 10.6. The first kappa shape index (κ1) is 11.5. The lowest BCUT2D eigenvalue weighted by Gasteiger charge is -2.36. The van der Waals surface area contributed by atoms with Gasteiger partial charge in [0.2, 0.25) is 0 Å². The zero-order valence-electron chi connectivity index (χ0n) is 9.32. The van der Waals surface area contributed by atoms with E-state index < -0.39 is 0 Å². The molecule has 1 saturated heterocycles. The van der Waals surface area contributed by atoms with Gasteiger partial charge < -0.3 is 9.64 Å². The Morgan fingerprint density at radius 3 is 2.36 bits per heavy atom. The van der Waals surface area contributed by atoms with Crippen LogP contribution in [0.2, 0.25) is 0 Å². The lowest BCUT2D eigenvalue weighted by atomic mass is 10.2. The minimum Gasteiger partial charge on any atom is -0.468 e. The molecule has 0 amide bonds. The standard InChI is InChI=1S/C10H20N2O2/c1-4-11-5-7-12(8-6-11)9(2)10(13)14-3/h9H,4-8H2,1-3H3. The van der Waals surface area contributed by atoms with Gasteiger partial charge in [0.05, 0.1) is 7.11 Å². The van der Waals surface area contributed by atoms with Gasteiger partial charge in [-0.05, 0) is 13.5 Å². The summed E-state index contributed by atoms with van der Waals surface area (Å²) in [5.41, 5.74) is 0. The number of ether oxygens (including phenoxy) is 1. The van der Waals surface area contributed by atoms with E-state index in [4.69, 9.17) is 4.74 Å². The van der Waals surface area contributed by atoms with Crippen molar-refractivity contribution in [2.45, 2.75) is 19.9 Å². The Balaban J connectivity index is 2.37. The lowest BCUT2D eigenvalue weighted by molar-refractivity contribution is -0.147. The molecule has 14 heavy (non-hydrogen) atoms. The number of nitrogens with zero attached hydrogens (tertiary/aromatic N) is 2. The second-order valence-corrected chi connectivity index (χ2v) is 3.67. The molecule has 4 heteroatoms. The largest absolute Gasteiger partial charge is 0.468 e. The summed E-state index contributed by atoms with van der Waals surface area (Å²) < 4.78 is 4.72. The first-order chi connectivity index (χ1) is 6.69. The van der Waals surface area contributed by atoms with Gasteiger partial charge in [-0.3, -0.25) is 9.69 Å². The molecule has 0 aromatic rings. The van der Waals surface area contributed by atoms with Crippen molar-refractivity contribution in [2.24, 2.45) is 0 Å². The van der Waals surface area contributed by atoms with Crippen LogP contribution in [0.5, 0.6) is 0 Å². The summed E-state index contributed by atoms with van der Waals surface area (Å²) in [6, 6.07) is -0.0981. The first-order valence-corrected chi connectivity index (χ1v) is 5.23. The first-order valence-electron chi connectivity index (χ1n) is 5.23. The topological polar surface area (TPSA) is 32.8 Å². The smallest absolute Gasteiger partial charge is 0.322 e. The molecule has 0 saturated carbocycles. The summed E-state index contributed by atoms with van der Waals surface area (Å²) in [5, 5.41) is 0. The van der Waals surface area contributed by atoms with Gasteiger partial charge in [-0.25, -0.2) is 0 Å². The van der Waals surface area contributed by atoms with Crippen LogP contribution < -0.4 is 0 Å². The molecule has 0 aromatic heterocycles. The van der Waals surface area contributed by atoms with E-state index in [0.717, 1.165) is 32.7 Å². The van der Waals surface area contributed by atoms with Crippen molar-refractivity contribution in [3.8, 4) is 0 Å². The molecular weight excluding hydrogens is 180 g/mol. The summed E-state index contributed by atoms with van der Waals surface area (Å²) in [5.74, 6) is -0.130. The average Bonchev–Trinajstić information content (AvgIpc) is 2.27. The molecular formula is C10H20N2O2. The van der Waals surface area contributed by atoms with Crippen molar-refractivity contribution in [1.82, 2.24) is 9.80 Å². The Morgan fingerprint density at radius 2 is 1.93 bits per heavy atom. The molecule has 1 aliphatic rings. The molecule has 1 fully saturated rings. The Hall–Kier alpha value is -0.610.